The summed E-state index contributed by atoms with van der Waals surface area (Å²) >= 11 is 9.55. The van der Waals surface area contributed by atoms with E-state index in [9.17, 15) is 0 Å². The Labute approximate surface area is 143 Å². The molecule has 0 aliphatic carbocycles. The summed E-state index contributed by atoms with van der Waals surface area (Å²) in [6.07, 6.45) is 9.53. The van der Waals surface area contributed by atoms with Crippen molar-refractivity contribution < 1.29 is 35.6 Å². The SMILES string of the molecule is CCCCCCOP(=S)(S)OCCCCCC.O.[Mo]. The predicted octanol–water partition coefficient (Wildman–Crippen LogP) is 4.51. The van der Waals surface area contributed by atoms with Crippen molar-refractivity contribution in [3.05, 3.63) is 0 Å². The van der Waals surface area contributed by atoms with E-state index in [0.29, 0.717) is 13.2 Å². The third kappa shape index (κ3) is 19.6. The first-order chi connectivity index (χ1) is 8.12. The molecule has 19 heavy (non-hydrogen) atoms. The first kappa shape index (κ1) is 25.5. The first-order valence-corrected chi connectivity index (χ1v) is 10.5. The molecular formula is C12H29MoO3PS2. The van der Waals surface area contributed by atoms with E-state index in [-0.39, 0.29) is 26.5 Å². The molecule has 0 heterocycles. The Morgan fingerprint density at radius 1 is 0.842 bits per heavy atom. The first-order valence-electron chi connectivity index (χ1n) is 6.74. The third-order valence-electron chi connectivity index (χ3n) is 2.50. The van der Waals surface area contributed by atoms with Crippen molar-refractivity contribution in [2.45, 2.75) is 65.2 Å². The van der Waals surface area contributed by atoms with Gasteiger partial charge in [-0.2, -0.15) is 0 Å². The molecule has 0 radical (unpaired) electrons. The van der Waals surface area contributed by atoms with Gasteiger partial charge in [0, 0.05) is 21.1 Å². The zero-order chi connectivity index (χ0) is 13.0. The van der Waals surface area contributed by atoms with E-state index >= 15 is 0 Å². The predicted molar refractivity (Wildman–Crippen MR) is 87.1 cm³/mol. The van der Waals surface area contributed by atoms with Crippen LogP contribution in [0.5, 0.6) is 0 Å². The minimum absolute atomic E-state index is 0. The van der Waals surface area contributed by atoms with Crippen LogP contribution in [0.25, 0.3) is 0 Å². The second-order valence-electron chi connectivity index (χ2n) is 4.26. The van der Waals surface area contributed by atoms with Gasteiger partial charge in [-0.05, 0) is 24.6 Å². The Kier molecular flexibility index (Phi) is 23.7. The summed E-state index contributed by atoms with van der Waals surface area (Å²) in [5.41, 5.74) is -2.26. The van der Waals surface area contributed by atoms with Gasteiger partial charge >= 0.3 is 0 Å². The van der Waals surface area contributed by atoms with Crippen LogP contribution >= 0.6 is 17.9 Å². The van der Waals surface area contributed by atoms with E-state index in [1.54, 1.807) is 0 Å². The van der Waals surface area contributed by atoms with Crippen LogP contribution in [0.15, 0.2) is 0 Å². The number of thiol groups is 1. The monoisotopic (exact) mass is 414 g/mol. The van der Waals surface area contributed by atoms with Gasteiger partial charge in [-0.25, -0.2) is 0 Å². The normalized spacial score (nSPS) is 10.7. The molecule has 0 rings (SSSR count). The van der Waals surface area contributed by atoms with Crippen molar-refractivity contribution in [2.24, 2.45) is 0 Å². The zero-order valence-electron chi connectivity index (χ0n) is 12.1. The van der Waals surface area contributed by atoms with Crippen molar-refractivity contribution in [3.8, 4) is 0 Å². The summed E-state index contributed by atoms with van der Waals surface area (Å²) in [7, 11) is 0. The fourth-order valence-electron chi connectivity index (χ4n) is 1.45. The van der Waals surface area contributed by atoms with Gasteiger partial charge in [-0.1, -0.05) is 64.6 Å². The van der Waals surface area contributed by atoms with E-state index < -0.39 is 5.69 Å². The summed E-state index contributed by atoms with van der Waals surface area (Å²) in [4.78, 5) is 0. The molecule has 0 fully saturated rings. The largest absolute Gasteiger partial charge is 0.412 e. The van der Waals surface area contributed by atoms with Crippen molar-refractivity contribution in [1.29, 1.82) is 0 Å². The second kappa shape index (κ2) is 17.6. The molecule has 0 amide bonds. The molecule has 0 aromatic rings. The van der Waals surface area contributed by atoms with Gasteiger partial charge < -0.3 is 14.5 Å². The Morgan fingerprint density at radius 3 is 1.53 bits per heavy atom. The van der Waals surface area contributed by atoms with Gasteiger partial charge in [0.15, 0.2) is 0 Å². The second-order valence-corrected chi connectivity index (χ2v) is 9.54. The van der Waals surface area contributed by atoms with Gasteiger partial charge in [0.05, 0.1) is 13.2 Å². The molecule has 0 aliphatic rings. The minimum atomic E-state index is -2.26. The molecule has 0 spiro atoms. The Hall–Kier alpha value is 1.57. The standard InChI is InChI=1S/C12H27O2PS2.Mo.H2O/c1-3-5-7-9-11-13-15(16,17)14-12-10-8-6-4-2;;/h3-12H2,1-2H3,(H,16,17);;1H2. The molecule has 0 aromatic heterocycles. The molecule has 7 heteroatoms. The van der Waals surface area contributed by atoms with Crippen LogP contribution in [0.2, 0.25) is 0 Å². The molecule has 0 aliphatic heterocycles. The maximum Gasteiger partial charge on any atom is 0.244 e. The summed E-state index contributed by atoms with van der Waals surface area (Å²) in [5, 5.41) is 0. The minimum Gasteiger partial charge on any atom is -0.412 e. The Balaban J connectivity index is -0.00000128. The fourth-order valence-corrected chi connectivity index (χ4v) is 3.19. The molecule has 3 nitrogen and oxygen atoms in total. The molecule has 0 bridgehead atoms. The van der Waals surface area contributed by atoms with E-state index in [4.69, 9.17) is 20.9 Å². The van der Waals surface area contributed by atoms with Crippen molar-refractivity contribution in [2.75, 3.05) is 13.2 Å². The summed E-state index contributed by atoms with van der Waals surface area (Å²) in [6.45, 7) is 5.78. The number of unbranched alkanes of at least 4 members (excludes halogenated alkanes) is 6. The molecule has 0 unspecified atom stereocenters. The van der Waals surface area contributed by atoms with Gasteiger partial charge in [0.2, 0.25) is 5.69 Å². The van der Waals surface area contributed by atoms with Gasteiger partial charge in [-0.15, -0.1) is 0 Å². The maximum atomic E-state index is 5.55. The van der Waals surface area contributed by atoms with Crippen LogP contribution in [-0.4, -0.2) is 18.7 Å². The van der Waals surface area contributed by atoms with Crippen LogP contribution in [0.1, 0.15) is 65.2 Å². The van der Waals surface area contributed by atoms with Crippen molar-refractivity contribution in [1.82, 2.24) is 0 Å². The van der Waals surface area contributed by atoms with E-state index in [0.717, 1.165) is 12.8 Å². The average Bonchev–Trinajstić information content (AvgIpc) is 2.28. The summed E-state index contributed by atoms with van der Waals surface area (Å²) in [6, 6.07) is 0. The van der Waals surface area contributed by atoms with Crippen molar-refractivity contribution >= 4 is 29.7 Å². The van der Waals surface area contributed by atoms with Gasteiger partial charge in [-0.3, -0.25) is 0 Å². The average molecular weight is 412 g/mol. The molecule has 0 aromatic carbocycles. The smallest absolute Gasteiger partial charge is 0.244 e. The van der Waals surface area contributed by atoms with E-state index in [1.807, 2.05) is 0 Å². The van der Waals surface area contributed by atoms with E-state index in [1.165, 1.54) is 38.5 Å². The molecular weight excluding hydrogens is 383 g/mol. The third-order valence-corrected chi connectivity index (χ3v) is 4.85. The molecule has 0 saturated heterocycles. The molecule has 0 atom stereocenters. The fraction of sp³-hybridized carbons (Fsp3) is 1.00. The Bertz CT molecular complexity index is 203. The number of hydrogen-bond acceptors (Lipinski definition) is 3. The topological polar surface area (TPSA) is 50.0 Å². The molecule has 0 saturated carbocycles. The van der Waals surface area contributed by atoms with Crippen LogP contribution in [0, 0.1) is 0 Å². The molecule has 2 N–H and O–H groups in total. The van der Waals surface area contributed by atoms with Crippen molar-refractivity contribution in [3.63, 3.8) is 0 Å². The number of hydrogen-bond donors (Lipinski definition) is 1. The van der Waals surface area contributed by atoms with Gasteiger partial charge in [0.25, 0.3) is 0 Å². The maximum absolute atomic E-state index is 5.55. The number of rotatable bonds is 12. The summed E-state index contributed by atoms with van der Waals surface area (Å²) < 4.78 is 11.1. The zero-order valence-corrected chi connectivity index (χ0v) is 16.7. The van der Waals surface area contributed by atoms with E-state index in [2.05, 4.69) is 26.1 Å². The van der Waals surface area contributed by atoms with Crippen LogP contribution in [0.4, 0.5) is 0 Å². The molecule has 118 valence electrons. The summed E-state index contributed by atoms with van der Waals surface area (Å²) in [5.74, 6) is 0. The quantitative estimate of drug-likeness (QED) is 0.222. The van der Waals surface area contributed by atoms with Gasteiger partial charge in [0.1, 0.15) is 0 Å². The van der Waals surface area contributed by atoms with Crippen LogP contribution in [-0.2, 0) is 41.9 Å². The van der Waals surface area contributed by atoms with Crippen LogP contribution in [0.3, 0.4) is 0 Å². The Morgan fingerprint density at radius 2 is 1.21 bits per heavy atom. The van der Waals surface area contributed by atoms with Crippen LogP contribution < -0.4 is 0 Å².